The van der Waals surface area contributed by atoms with E-state index in [4.69, 9.17) is 6.57 Å². The Kier molecular flexibility index (Phi) is 5.01. The number of hydrogen-bond acceptors (Lipinski definition) is 2. The molecule has 0 aliphatic rings. The second-order valence-corrected chi connectivity index (χ2v) is 7.71. The molecular formula is C22H17NO2S. The van der Waals surface area contributed by atoms with Crippen molar-refractivity contribution in [3.63, 3.8) is 0 Å². The highest BCUT2D eigenvalue weighted by Gasteiger charge is 2.27. The van der Waals surface area contributed by atoms with Gasteiger partial charge in [0.15, 0.2) is 0 Å². The molecule has 4 heteroatoms. The molecule has 0 bridgehead atoms. The monoisotopic (exact) mass is 359 g/mol. The van der Waals surface area contributed by atoms with Crippen LogP contribution in [-0.4, -0.2) is 8.42 Å². The summed E-state index contributed by atoms with van der Waals surface area (Å²) in [5, 5.41) is -0.265. The molecule has 0 aliphatic heterocycles. The van der Waals surface area contributed by atoms with Crippen LogP contribution in [0.5, 0.6) is 0 Å². The summed E-state index contributed by atoms with van der Waals surface area (Å²) in [6.45, 7) is 9.51. The van der Waals surface area contributed by atoms with Crippen molar-refractivity contribution < 1.29 is 8.42 Å². The highest BCUT2D eigenvalue weighted by atomic mass is 32.2. The van der Waals surface area contributed by atoms with Crippen LogP contribution in [0.1, 0.15) is 16.7 Å². The van der Waals surface area contributed by atoms with Gasteiger partial charge in [0, 0.05) is 5.57 Å². The summed E-state index contributed by atoms with van der Waals surface area (Å²) in [5.41, 5.74) is 2.77. The third-order valence-corrected chi connectivity index (χ3v) is 5.72. The van der Waals surface area contributed by atoms with Crippen molar-refractivity contribution in [3.05, 3.63) is 118 Å². The zero-order valence-corrected chi connectivity index (χ0v) is 15.1. The van der Waals surface area contributed by atoms with Crippen molar-refractivity contribution in [2.45, 2.75) is 11.8 Å². The summed E-state index contributed by atoms with van der Waals surface area (Å²) in [7, 11) is -3.94. The second-order valence-electron chi connectivity index (χ2n) is 5.84. The highest BCUT2D eigenvalue weighted by Crippen LogP contribution is 2.33. The zero-order chi connectivity index (χ0) is 18.6. The number of rotatable bonds is 4. The fraction of sp³-hybridized carbons (Fsp3) is 0.0455. The number of hydrogen-bond donors (Lipinski definition) is 0. The van der Waals surface area contributed by atoms with Gasteiger partial charge in [0.2, 0.25) is 9.84 Å². The molecule has 0 heterocycles. The van der Waals surface area contributed by atoms with E-state index in [1.807, 2.05) is 67.6 Å². The molecule has 0 N–H and O–H groups in total. The molecule has 128 valence electrons. The minimum atomic E-state index is -3.94. The largest absolute Gasteiger partial charge is 0.291 e. The van der Waals surface area contributed by atoms with Gasteiger partial charge < -0.3 is 0 Å². The highest BCUT2D eigenvalue weighted by molar-refractivity contribution is 7.95. The second kappa shape index (κ2) is 7.38. The van der Waals surface area contributed by atoms with Crippen LogP contribution < -0.4 is 0 Å². The number of benzene rings is 3. The number of aryl methyl sites for hydroxylation is 1. The van der Waals surface area contributed by atoms with Gasteiger partial charge in [0.05, 0.1) is 11.5 Å². The molecule has 0 aliphatic carbocycles. The third kappa shape index (κ3) is 3.44. The predicted molar refractivity (Wildman–Crippen MR) is 104 cm³/mol. The van der Waals surface area contributed by atoms with Crippen LogP contribution >= 0.6 is 0 Å². The van der Waals surface area contributed by atoms with E-state index in [2.05, 4.69) is 4.85 Å². The Morgan fingerprint density at radius 2 is 1.23 bits per heavy atom. The first kappa shape index (κ1) is 17.7. The van der Waals surface area contributed by atoms with E-state index in [-0.39, 0.29) is 9.92 Å². The molecule has 26 heavy (non-hydrogen) atoms. The Labute approximate surface area is 154 Å². The van der Waals surface area contributed by atoms with Crippen LogP contribution in [0.15, 0.2) is 94.9 Å². The maximum absolute atomic E-state index is 13.2. The third-order valence-electron chi connectivity index (χ3n) is 4.03. The van der Waals surface area contributed by atoms with E-state index in [1.54, 1.807) is 24.3 Å². The molecule has 0 radical (unpaired) electrons. The molecule has 0 fully saturated rings. The minimum absolute atomic E-state index is 0.124. The summed E-state index contributed by atoms with van der Waals surface area (Å²) in [6, 6.07) is 24.9. The lowest BCUT2D eigenvalue weighted by atomic mass is 9.99. The Hall–Kier alpha value is -3.16. The van der Waals surface area contributed by atoms with Crippen LogP contribution in [0.3, 0.4) is 0 Å². The van der Waals surface area contributed by atoms with Crippen molar-refractivity contribution in [3.8, 4) is 0 Å². The molecule has 3 nitrogen and oxygen atoms in total. The molecule has 0 spiro atoms. The van der Waals surface area contributed by atoms with Crippen LogP contribution in [-0.2, 0) is 9.84 Å². The topological polar surface area (TPSA) is 38.5 Å². The molecule has 0 amide bonds. The molecule has 0 saturated carbocycles. The van der Waals surface area contributed by atoms with E-state index in [0.717, 1.165) is 5.56 Å². The van der Waals surface area contributed by atoms with Gasteiger partial charge in [-0.15, -0.1) is 0 Å². The molecule has 0 atom stereocenters. The summed E-state index contributed by atoms with van der Waals surface area (Å²) in [5.74, 6) is 0. The van der Waals surface area contributed by atoms with Gasteiger partial charge in [-0.05, 0) is 30.2 Å². The van der Waals surface area contributed by atoms with Crippen molar-refractivity contribution in [2.75, 3.05) is 0 Å². The first-order valence-corrected chi connectivity index (χ1v) is 9.56. The molecule has 0 saturated heterocycles. The lowest BCUT2D eigenvalue weighted by Crippen LogP contribution is -2.06. The van der Waals surface area contributed by atoms with Gasteiger partial charge in [0.25, 0.3) is 5.03 Å². The summed E-state index contributed by atoms with van der Waals surface area (Å²) < 4.78 is 26.4. The predicted octanol–water partition coefficient (Wildman–Crippen LogP) is 5.11. The summed E-state index contributed by atoms with van der Waals surface area (Å²) >= 11 is 0. The smallest absolute Gasteiger partial charge is 0.230 e. The molecule has 3 aromatic carbocycles. The quantitative estimate of drug-likeness (QED) is 0.608. The van der Waals surface area contributed by atoms with Gasteiger partial charge in [0.1, 0.15) is 0 Å². The van der Waals surface area contributed by atoms with E-state index in [9.17, 15) is 8.42 Å². The van der Waals surface area contributed by atoms with Crippen LogP contribution in [0.25, 0.3) is 10.4 Å². The van der Waals surface area contributed by atoms with E-state index in [0.29, 0.717) is 16.7 Å². The van der Waals surface area contributed by atoms with Crippen LogP contribution in [0, 0.1) is 13.5 Å². The minimum Gasteiger partial charge on any atom is -0.230 e. The van der Waals surface area contributed by atoms with Gasteiger partial charge in [-0.3, -0.25) is 0 Å². The van der Waals surface area contributed by atoms with Gasteiger partial charge >= 0.3 is 0 Å². The van der Waals surface area contributed by atoms with Gasteiger partial charge in [-0.25, -0.2) is 13.3 Å². The van der Waals surface area contributed by atoms with Crippen molar-refractivity contribution >= 4 is 15.4 Å². The van der Waals surface area contributed by atoms with Crippen molar-refractivity contribution in [2.24, 2.45) is 0 Å². The summed E-state index contributed by atoms with van der Waals surface area (Å²) in [6.07, 6.45) is 0. The molecule has 3 rings (SSSR count). The van der Waals surface area contributed by atoms with E-state index < -0.39 is 9.84 Å². The maximum atomic E-state index is 13.2. The Balaban J connectivity index is 2.32. The number of nitrogens with zero attached hydrogens (tertiary/aromatic N) is 1. The summed E-state index contributed by atoms with van der Waals surface area (Å²) in [4.78, 5) is 3.58. The first-order valence-electron chi connectivity index (χ1n) is 8.08. The SMILES string of the molecule is [C-]#[N+]C(=C(c1ccccc1)c1ccccc1)S(=O)(=O)c1ccc(C)cc1. The normalized spacial score (nSPS) is 10.8. The zero-order valence-electron chi connectivity index (χ0n) is 14.3. The first-order chi connectivity index (χ1) is 12.5. The van der Waals surface area contributed by atoms with Crippen molar-refractivity contribution in [1.29, 1.82) is 0 Å². The van der Waals surface area contributed by atoms with Gasteiger partial charge in [-0.2, -0.15) is 0 Å². The molecule has 0 unspecified atom stereocenters. The number of sulfone groups is 1. The van der Waals surface area contributed by atoms with Crippen LogP contribution in [0.2, 0.25) is 0 Å². The Morgan fingerprint density at radius 1 is 0.769 bits per heavy atom. The standard InChI is InChI=1S/C22H17NO2S/c1-17-13-15-20(16-14-17)26(24,25)22(23-2)21(18-9-5-3-6-10-18)19-11-7-4-8-12-19/h3-16H,1H3. The average Bonchev–Trinajstić information content (AvgIpc) is 2.67. The lowest BCUT2D eigenvalue weighted by Gasteiger charge is -2.13. The molecular weight excluding hydrogens is 342 g/mol. The van der Waals surface area contributed by atoms with E-state index >= 15 is 0 Å². The van der Waals surface area contributed by atoms with Gasteiger partial charge in [-0.1, -0.05) is 78.4 Å². The van der Waals surface area contributed by atoms with Crippen molar-refractivity contribution in [1.82, 2.24) is 0 Å². The molecule has 0 aromatic heterocycles. The fourth-order valence-electron chi connectivity index (χ4n) is 2.70. The average molecular weight is 359 g/mol. The lowest BCUT2D eigenvalue weighted by molar-refractivity contribution is 0.603. The Bertz CT molecular complexity index is 1030. The molecule has 3 aromatic rings. The maximum Gasteiger partial charge on any atom is 0.291 e. The van der Waals surface area contributed by atoms with E-state index in [1.165, 1.54) is 0 Å². The Morgan fingerprint density at radius 3 is 1.65 bits per heavy atom. The fourth-order valence-corrected chi connectivity index (χ4v) is 4.04. The van der Waals surface area contributed by atoms with Crippen LogP contribution in [0.4, 0.5) is 0 Å².